The summed E-state index contributed by atoms with van der Waals surface area (Å²) in [4.78, 5) is 0. The monoisotopic (exact) mass is 373 g/mol. The predicted molar refractivity (Wildman–Crippen MR) is 109 cm³/mol. The minimum atomic E-state index is -0.211. The van der Waals surface area contributed by atoms with E-state index in [9.17, 15) is 4.39 Å². The molecule has 0 bridgehead atoms. The Bertz CT molecular complexity index is 658. The van der Waals surface area contributed by atoms with Crippen LogP contribution in [0.4, 0.5) is 4.39 Å². The summed E-state index contributed by atoms with van der Waals surface area (Å²) in [5.74, 6) is 1.37. The van der Waals surface area contributed by atoms with Gasteiger partial charge in [-0.25, -0.2) is 4.39 Å². The molecule has 4 heteroatoms. The molecular weight excluding hydrogens is 341 g/mol. The first-order chi connectivity index (χ1) is 13.2. The van der Waals surface area contributed by atoms with Crippen molar-refractivity contribution in [2.24, 2.45) is 0 Å². The van der Waals surface area contributed by atoms with E-state index in [4.69, 9.17) is 9.47 Å². The summed E-state index contributed by atoms with van der Waals surface area (Å²) in [6.07, 6.45) is 7.43. The van der Waals surface area contributed by atoms with Crippen LogP contribution >= 0.6 is 0 Å². The van der Waals surface area contributed by atoms with E-state index in [1.54, 1.807) is 19.2 Å². The smallest absolute Gasteiger partial charge is 0.165 e. The first-order valence-corrected chi connectivity index (χ1v) is 9.98. The molecule has 0 atom stereocenters. The number of rotatable bonds is 13. The Labute approximate surface area is 162 Å². The summed E-state index contributed by atoms with van der Waals surface area (Å²) in [7, 11) is 1.67. The van der Waals surface area contributed by atoms with Crippen LogP contribution in [0.25, 0.3) is 0 Å². The number of nitrogens with one attached hydrogen (secondary N) is 1. The molecular formula is C23H32FNO2. The van der Waals surface area contributed by atoms with Crippen LogP contribution in [-0.4, -0.2) is 13.7 Å². The van der Waals surface area contributed by atoms with E-state index in [1.807, 2.05) is 12.1 Å². The molecule has 0 heterocycles. The van der Waals surface area contributed by atoms with Crippen molar-refractivity contribution in [3.05, 3.63) is 59.4 Å². The maximum absolute atomic E-state index is 13.0. The zero-order valence-electron chi connectivity index (χ0n) is 16.6. The zero-order chi connectivity index (χ0) is 19.3. The van der Waals surface area contributed by atoms with Crippen LogP contribution in [0, 0.1) is 5.82 Å². The van der Waals surface area contributed by atoms with Gasteiger partial charge in [0.05, 0.1) is 13.7 Å². The van der Waals surface area contributed by atoms with Gasteiger partial charge in [-0.15, -0.1) is 0 Å². The van der Waals surface area contributed by atoms with Gasteiger partial charge in [-0.1, -0.05) is 63.3 Å². The molecule has 0 saturated heterocycles. The molecule has 0 aliphatic heterocycles. The van der Waals surface area contributed by atoms with Gasteiger partial charge in [0.15, 0.2) is 11.5 Å². The standard InChI is InChI=1S/C23H32FNO2/c1-3-4-5-6-7-8-16-27-23-20(10-9-11-22(23)26-2)18-25-17-19-12-14-21(24)15-13-19/h9-15,25H,3-8,16-18H2,1-2H3. The Morgan fingerprint density at radius 3 is 2.37 bits per heavy atom. The average Bonchev–Trinajstić information content (AvgIpc) is 2.69. The summed E-state index contributed by atoms with van der Waals surface area (Å²) in [6, 6.07) is 12.5. The second-order valence-corrected chi connectivity index (χ2v) is 6.79. The number of hydrogen-bond acceptors (Lipinski definition) is 3. The largest absolute Gasteiger partial charge is 0.493 e. The zero-order valence-corrected chi connectivity index (χ0v) is 16.6. The SMILES string of the molecule is CCCCCCCCOc1c(CNCc2ccc(F)cc2)cccc1OC. The molecule has 2 aromatic carbocycles. The molecule has 1 N–H and O–H groups in total. The number of hydrogen-bond donors (Lipinski definition) is 1. The normalized spacial score (nSPS) is 10.8. The maximum Gasteiger partial charge on any atom is 0.165 e. The van der Waals surface area contributed by atoms with Gasteiger partial charge in [-0.2, -0.15) is 0 Å². The van der Waals surface area contributed by atoms with Crippen molar-refractivity contribution in [2.75, 3.05) is 13.7 Å². The third-order valence-corrected chi connectivity index (χ3v) is 4.58. The van der Waals surface area contributed by atoms with E-state index in [1.165, 1.54) is 44.2 Å². The van der Waals surface area contributed by atoms with E-state index in [0.29, 0.717) is 19.7 Å². The lowest BCUT2D eigenvalue weighted by atomic mass is 10.1. The van der Waals surface area contributed by atoms with Crippen molar-refractivity contribution in [1.82, 2.24) is 5.32 Å². The molecule has 148 valence electrons. The van der Waals surface area contributed by atoms with Gasteiger partial charge in [-0.3, -0.25) is 0 Å². The maximum atomic E-state index is 13.0. The van der Waals surface area contributed by atoms with Gasteiger partial charge in [0.25, 0.3) is 0 Å². The molecule has 0 saturated carbocycles. The third kappa shape index (κ3) is 7.59. The highest BCUT2D eigenvalue weighted by Gasteiger charge is 2.10. The van der Waals surface area contributed by atoms with Crippen LogP contribution < -0.4 is 14.8 Å². The number of unbranched alkanes of at least 4 members (excludes halogenated alkanes) is 5. The summed E-state index contributed by atoms with van der Waals surface area (Å²) < 4.78 is 24.5. The van der Waals surface area contributed by atoms with Crippen molar-refractivity contribution in [3.8, 4) is 11.5 Å². The van der Waals surface area contributed by atoms with E-state index in [-0.39, 0.29) is 5.82 Å². The fraction of sp³-hybridized carbons (Fsp3) is 0.478. The number of benzene rings is 2. The van der Waals surface area contributed by atoms with E-state index < -0.39 is 0 Å². The summed E-state index contributed by atoms with van der Waals surface area (Å²) in [5.41, 5.74) is 2.12. The Hall–Kier alpha value is -2.07. The molecule has 0 spiro atoms. The highest BCUT2D eigenvalue weighted by Crippen LogP contribution is 2.31. The van der Waals surface area contributed by atoms with Crippen LogP contribution in [0.15, 0.2) is 42.5 Å². The highest BCUT2D eigenvalue weighted by molar-refractivity contribution is 5.46. The van der Waals surface area contributed by atoms with Crippen molar-refractivity contribution in [1.29, 1.82) is 0 Å². The van der Waals surface area contributed by atoms with Gasteiger partial charge in [-0.05, 0) is 30.2 Å². The van der Waals surface area contributed by atoms with Crippen LogP contribution in [-0.2, 0) is 13.1 Å². The molecule has 0 aromatic heterocycles. The molecule has 0 fully saturated rings. The quantitative estimate of drug-likeness (QED) is 0.446. The van der Waals surface area contributed by atoms with Crippen molar-refractivity contribution in [3.63, 3.8) is 0 Å². The average molecular weight is 374 g/mol. The van der Waals surface area contributed by atoms with Crippen LogP contribution in [0.1, 0.15) is 56.6 Å². The van der Waals surface area contributed by atoms with Crippen molar-refractivity contribution >= 4 is 0 Å². The fourth-order valence-electron chi connectivity index (χ4n) is 3.03. The minimum Gasteiger partial charge on any atom is -0.493 e. The Morgan fingerprint density at radius 2 is 1.63 bits per heavy atom. The molecule has 2 rings (SSSR count). The summed E-state index contributed by atoms with van der Waals surface area (Å²) in [5, 5.41) is 3.40. The molecule has 27 heavy (non-hydrogen) atoms. The molecule has 0 aliphatic carbocycles. The lowest BCUT2D eigenvalue weighted by molar-refractivity contribution is 0.281. The lowest BCUT2D eigenvalue weighted by Gasteiger charge is -2.16. The van der Waals surface area contributed by atoms with Gasteiger partial charge in [0.2, 0.25) is 0 Å². The van der Waals surface area contributed by atoms with Crippen LogP contribution in [0.2, 0.25) is 0 Å². The second kappa shape index (κ2) is 12.3. The first-order valence-electron chi connectivity index (χ1n) is 9.98. The van der Waals surface area contributed by atoms with Gasteiger partial charge < -0.3 is 14.8 Å². The number of methoxy groups -OCH3 is 1. The topological polar surface area (TPSA) is 30.5 Å². The number of ether oxygens (including phenoxy) is 2. The number of para-hydroxylation sites is 1. The highest BCUT2D eigenvalue weighted by atomic mass is 19.1. The first kappa shape index (κ1) is 21.2. The Balaban J connectivity index is 1.84. The van der Waals surface area contributed by atoms with Crippen molar-refractivity contribution in [2.45, 2.75) is 58.5 Å². The third-order valence-electron chi connectivity index (χ3n) is 4.58. The van der Waals surface area contributed by atoms with Crippen LogP contribution in [0.5, 0.6) is 11.5 Å². The van der Waals surface area contributed by atoms with Gasteiger partial charge in [0, 0.05) is 18.7 Å². The predicted octanol–water partition coefficient (Wildman–Crippen LogP) is 5.86. The molecule has 0 aliphatic rings. The van der Waals surface area contributed by atoms with Gasteiger partial charge in [0.1, 0.15) is 5.82 Å². The minimum absolute atomic E-state index is 0.211. The summed E-state index contributed by atoms with van der Waals surface area (Å²) >= 11 is 0. The van der Waals surface area contributed by atoms with Crippen molar-refractivity contribution < 1.29 is 13.9 Å². The summed E-state index contributed by atoms with van der Waals surface area (Å²) in [6.45, 7) is 4.28. The molecule has 2 aromatic rings. The van der Waals surface area contributed by atoms with Crippen LogP contribution in [0.3, 0.4) is 0 Å². The molecule has 0 unspecified atom stereocenters. The van der Waals surface area contributed by atoms with E-state index >= 15 is 0 Å². The van der Waals surface area contributed by atoms with Gasteiger partial charge >= 0.3 is 0 Å². The Kier molecular flexibility index (Phi) is 9.70. The lowest BCUT2D eigenvalue weighted by Crippen LogP contribution is -2.14. The van der Waals surface area contributed by atoms with E-state index in [2.05, 4.69) is 18.3 Å². The fourth-order valence-corrected chi connectivity index (χ4v) is 3.03. The molecule has 0 radical (unpaired) electrons. The number of halogens is 1. The van der Waals surface area contributed by atoms with E-state index in [0.717, 1.165) is 29.0 Å². The molecule has 3 nitrogen and oxygen atoms in total. The molecule has 0 amide bonds. The Morgan fingerprint density at radius 1 is 0.889 bits per heavy atom. The second-order valence-electron chi connectivity index (χ2n) is 6.79.